The van der Waals surface area contributed by atoms with Gasteiger partial charge in [0.15, 0.2) is 0 Å². The van der Waals surface area contributed by atoms with Crippen molar-refractivity contribution in [2.24, 2.45) is 0 Å². The zero-order valence-corrected chi connectivity index (χ0v) is 16.5. The first-order chi connectivity index (χ1) is 12.2. The Morgan fingerprint density at radius 2 is 1.69 bits per heavy atom. The molecule has 0 aliphatic heterocycles. The van der Waals surface area contributed by atoms with E-state index in [1.807, 2.05) is 54.6 Å². The van der Waals surface area contributed by atoms with Crippen LogP contribution in [0.1, 0.15) is 48.5 Å². The first-order valence-corrected chi connectivity index (χ1v) is 9.59. The third-order valence-electron chi connectivity index (χ3n) is 4.56. The number of hydrogen-bond acceptors (Lipinski definition) is 3. The van der Waals surface area contributed by atoms with Gasteiger partial charge in [-0.25, -0.2) is 0 Å². The lowest BCUT2D eigenvalue weighted by Crippen LogP contribution is -2.38. The van der Waals surface area contributed by atoms with Crippen molar-refractivity contribution >= 4 is 27.3 Å². The van der Waals surface area contributed by atoms with E-state index in [-0.39, 0.29) is 17.9 Å². The molecule has 0 saturated carbocycles. The number of aliphatic hydroxyl groups is 1. The van der Waals surface area contributed by atoms with Crippen molar-refractivity contribution in [1.82, 2.24) is 5.32 Å². The first kappa shape index (κ1) is 18.6. The van der Waals surface area contributed by atoms with Crippen LogP contribution < -0.4 is 5.32 Å². The molecule has 4 heteroatoms. The maximum absolute atomic E-state index is 12.4. The van der Waals surface area contributed by atoms with Crippen LogP contribution >= 0.6 is 11.3 Å². The minimum Gasteiger partial charge on any atom is -0.383 e. The van der Waals surface area contributed by atoms with Crippen molar-refractivity contribution in [2.75, 3.05) is 6.54 Å². The van der Waals surface area contributed by atoms with Crippen LogP contribution in [0, 0.1) is 0 Å². The van der Waals surface area contributed by atoms with Gasteiger partial charge < -0.3 is 10.4 Å². The van der Waals surface area contributed by atoms with E-state index in [1.54, 1.807) is 18.3 Å². The lowest BCUT2D eigenvalue weighted by Gasteiger charge is -2.22. The summed E-state index contributed by atoms with van der Waals surface area (Å²) in [7, 11) is 0. The molecule has 3 rings (SSSR count). The smallest absolute Gasteiger partial charge is 0.251 e. The highest BCUT2D eigenvalue weighted by Gasteiger charge is 2.26. The Morgan fingerprint density at radius 3 is 2.31 bits per heavy atom. The second kappa shape index (κ2) is 6.86. The number of hydrogen-bond donors (Lipinski definition) is 2. The molecule has 1 unspecified atom stereocenters. The van der Waals surface area contributed by atoms with Crippen molar-refractivity contribution < 1.29 is 9.90 Å². The number of carbonyl (C=O) groups is 1. The fourth-order valence-corrected chi connectivity index (χ4v) is 3.92. The summed E-state index contributed by atoms with van der Waals surface area (Å²) in [6.07, 6.45) is 0. The quantitative estimate of drug-likeness (QED) is 0.693. The fourth-order valence-electron chi connectivity index (χ4n) is 2.81. The highest BCUT2D eigenvalue weighted by Crippen LogP contribution is 2.32. The van der Waals surface area contributed by atoms with Crippen LogP contribution in [0.15, 0.2) is 54.6 Å². The zero-order chi connectivity index (χ0) is 18.9. The van der Waals surface area contributed by atoms with Crippen LogP contribution in [0.3, 0.4) is 0 Å². The van der Waals surface area contributed by atoms with Crippen LogP contribution in [0.4, 0.5) is 0 Å². The van der Waals surface area contributed by atoms with E-state index in [9.17, 15) is 9.90 Å². The van der Waals surface area contributed by atoms with Crippen molar-refractivity contribution in [1.29, 1.82) is 0 Å². The monoisotopic (exact) mass is 367 g/mol. The lowest BCUT2D eigenvalue weighted by atomic mass is 9.86. The van der Waals surface area contributed by atoms with Crippen molar-refractivity contribution in [3.8, 4) is 0 Å². The highest BCUT2D eigenvalue weighted by atomic mass is 32.1. The minimum atomic E-state index is -1.11. The molecule has 0 radical (unpaired) electrons. The summed E-state index contributed by atoms with van der Waals surface area (Å²) in [5.41, 5.74) is 0.737. The van der Waals surface area contributed by atoms with Crippen molar-refractivity contribution in [3.05, 3.63) is 70.6 Å². The minimum absolute atomic E-state index is 0.0554. The summed E-state index contributed by atoms with van der Waals surface area (Å²) in [6, 6.07) is 17.7. The van der Waals surface area contributed by atoms with Gasteiger partial charge in [-0.2, -0.15) is 0 Å². The number of nitrogens with one attached hydrogen (secondary N) is 1. The van der Waals surface area contributed by atoms with E-state index >= 15 is 0 Å². The second-order valence-corrected chi connectivity index (χ2v) is 9.02. The van der Waals surface area contributed by atoms with Crippen LogP contribution in [0.25, 0.3) is 10.1 Å². The Hall–Kier alpha value is -2.17. The van der Waals surface area contributed by atoms with Gasteiger partial charge in [0.1, 0.15) is 5.60 Å². The standard InChI is InChI=1S/C22H25NO2S/c1-21(2,3)17-11-9-15(10-12-17)20(24)23-14-22(4,25)19-13-16-7-5-6-8-18(16)26-19/h5-13,25H,14H2,1-4H3,(H,23,24). The third kappa shape index (κ3) is 3.97. The molecule has 1 heterocycles. The molecule has 3 aromatic rings. The summed E-state index contributed by atoms with van der Waals surface area (Å²) >= 11 is 1.56. The van der Waals surface area contributed by atoms with Gasteiger partial charge in [-0.15, -0.1) is 11.3 Å². The average Bonchev–Trinajstić information content (AvgIpc) is 3.04. The molecule has 0 aliphatic carbocycles. The first-order valence-electron chi connectivity index (χ1n) is 8.77. The molecule has 1 aromatic heterocycles. The number of fused-ring (bicyclic) bond motifs is 1. The Labute approximate surface area is 158 Å². The van der Waals surface area contributed by atoms with Gasteiger partial charge in [-0.1, -0.05) is 51.1 Å². The number of rotatable bonds is 4. The molecule has 0 fully saturated rings. The van der Waals surface area contributed by atoms with E-state index in [1.165, 1.54) is 5.56 Å². The van der Waals surface area contributed by atoms with Crippen LogP contribution in [0.5, 0.6) is 0 Å². The lowest BCUT2D eigenvalue weighted by molar-refractivity contribution is 0.0557. The molecule has 26 heavy (non-hydrogen) atoms. The van der Waals surface area contributed by atoms with Crippen LogP contribution in [-0.4, -0.2) is 17.6 Å². The van der Waals surface area contributed by atoms with E-state index < -0.39 is 5.60 Å². The number of amides is 1. The maximum atomic E-state index is 12.4. The molecular formula is C22H25NO2S. The molecule has 1 amide bonds. The van der Waals surface area contributed by atoms with E-state index in [4.69, 9.17) is 0 Å². The van der Waals surface area contributed by atoms with Crippen molar-refractivity contribution in [3.63, 3.8) is 0 Å². The fraction of sp³-hybridized carbons (Fsp3) is 0.318. The van der Waals surface area contributed by atoms with Gasteiger partial charge in [0.05, 0.1) is 6.54 Å². The van der Waals surface area contributed by atoms with Gasteiger partial charge in [0.25, 0.3) is 5.91 Å². The summed E-state index contributed by atoms with van der Waals surface area (Å²) in [5, 5.41) is 14.8. The Kier molecular flexibility index (Phi) is 4.91. The molecule has 2 aromatic carbocycles. The van der Waals surface area contributed by atoms with Gasteiger partial charge in [-0.3, -0.25) is 4.79 Å². The predicted octanol–water partition coefficient (Wildman–Crippen LogP) is 4.84. The molecule has 2 N–H and O–H groups in total. The Morgan fingerprint density at radius 1 is 1.04 bits per heavy atom. The van der Waals surface area contributed by atoms with Gasteiger partial charge in [0, 0.05) is 15.1 Å². The van der Waals surface area contributed by atoms with Gasteiger partial charge >= 0.3 is 0 Å². The van der Waals surface area contributed by atoms with E-state index in [2.05, 4.69) is 26.1 Å². The topological polar surface area (TPSA) is 49.3 Å². The molecule has 136 valence electrons. The van der Waals surface area contributed by atoms with Gasteiger partial charge in [-0.05, 0) is 47.6 Å². The Bertz CT molecular complexity index is 884. The maximum Gasteiger partial charge on any atom is 0.251 e. The summed E-state index contributed by atoms with van der Waals surface area (Å²) in [6.45, 7) is 8.33. The highest BCUT2D eigenvalue weighted by molar-refractivity contribution is 7.19. The summed E-state index contributed by atoms with van der Waals surface area (Å²) in [5.74, 6) is -0.174. The second-order valence-electron chi connectivity index (χ2n) is 7.93. The van der Waals surface area contributed by atoms with Crippen LogP contribution in [0.2, 0.25) is 0 Å². The summed E-state index contributed by atoms with van der Waals surface area (Å²) < 4.78 is 1.13. The molecular weight excluding hydrogens is 342 g/mol. The third-order valence-corrected chi connectivity index (χ3v) is 5.93. The Balaban J connectivity index is 1.69. The number of benzene rings is 2. The largest absolute Gasteiger partial charge is 0.383 e. The predicted molar refractivity (Wildman–Crippen MR) is 109 cm³/mol. The SMILES string of the molecule is CC(C)(C)c1ccc(C(=O)NCC(C)(O)c2cc3ccccc3s2)cc1. The summed E-state index contributed by atoms with van der Waals surface area (Å²) in [4.78, 5) is 13.3. The molecule has 1 atom stereocenters. The van der Waals surface area contributed by atoms with Crippen molar-refractivity contribution in [2.45, 2.75) is 38.7 Å². The van der Waals surface area contributed by atoms with Crippen LogP contribution in [-0.2, 0) is 11.0 Å². The van der Waals surface area contributed by atoms with Gasteiger partial charge in [0.2, 0.25) is 0 Å². The molecule has 3 nitrogen and oxygen atoms in total. The molecule has 0 aliphatic rings. The van der Waals surface area contributed by atoms with E-state index in [0.29, 0.717) is 5.56 Å². The number of thiophene rings is 1. The molecule has 0 saturated heterocycles. The zero-order valence-electron chi connectivity index (χ0n) is 15.7. The molecule has 0 bridgehead atoms. The normalized spacial score (nSPS) is 14.2. The molecule has 0 spiro atoms. The van der Waals surface area contributed by atoms with E-state index in [0.717, 1.165) is 15.0 Å². The average molecular weight is 368 g/mol. The number of carbonyl (C=O) groups excluding carboxylic acids is 1.